The molecular weight excluding hydrogens is 201 g/mol. The van der Waals surface area contributed by atoms with Crippen molar-refractivity contribution in [2.24, 2.45) is 5.73 Å². The van der Waals surface area contributed by atoms with Crippen molar-refractivity contribution in [1.82, 2.24) is 0 Å². The highest BCUT2D eigenvalue weighted by molar-refractivity contribution is 5.64. The van der Waals surface area contributed by atoms with Gasteiger partial charge in [0.2, 0.25) is 0 Å². The number of benzene rings is 2. The molecule has 0 amide bonds. The molecule has 16 heavy (non-hydrogen) atoms. The summed E-state index contributed by atoms with van der Waals surface area (Å²) >= 11 is 0. The van der Waals surface area contributed by atoms with Crippen molar-refractivity contribution < 1.29 is 4.39 Å². The molecule has 1 atom stereocenters. The third-order valence-electron chi connectivity index (χ3n) is 2.60. The lowest BCUT2D eigenvalue weighted by molar-refractivity contribution is 0.631. The third-order valence-corrected chi connectivity index (χ3v) is 2.60. The smallest absolute Gasteiger partial charge is 0.131 e. The Bertz CT molecular complexity index is 492. The Morgan fingerprint density at radius 3 is 2.50 bits per heavy atom. The molecular formula is C14H14FN. The van der Waals surface area contributed by atoms with Gasteiger partial charge in [0.05, 0.1) is 0 Å². The van der Waals surface area contributed by atoms with E-state index in [4.69, 9.17) is 5.73 Å². The lowest BCUT2D eigenvalue weighted by Gasteiger charge is -2.08. The first-order valence-electron chi connectivity index (χ1n) is 5.29. The quantitative estimate of drug-likeness (QED) is 0.815. The first-order valence-corrected chi connectivity index (χ1v) is 5.29. The molecule has 2 aromatic rings. The number of hydrogen-bond acceptors (Lipinski definition) is 1. The standard InChI is InChI=1S/C14H14FN/c1-10(16)11-5-4-6-12(9-11)13-7-2-3-8-14(13)15/h2-10H,16H2,1H3. The van der Waals surface area contributed by atoms with E-state index >= 15 is 0 Å². The second kappa shape index (κ2) is 4.45. The van der Waals surface area contributed by atoms with Crippen molar-refractivity contribution in [2.75, 3.05) is 0 Å². The maximum atomic E-state index is 13.6. The van der Waals surface area contributed by atoms with Gasteiger partial charge in [-0.2, -0.15) is 0 Å². The Labute approximate surface area is 94.7 Å². The molecule has 2 heteroatoms. The molecule has 1 unspecified atom stereocenters. The van der Waals surface area contributed by atoms with Gasteiger partial charge < -0.3 is 5.73 Å². The number of halogens is 1. The van der Waals surface area contributed by atoms with Crippen molar-refractivity contribution in [3.63, 3.8) is 0 Å². The summed E-state index contributed by atoms with van der Waals surface area (Å²) in [5, 5.41) is 0. The van der Waals surface area contributed by atoms with Gasteiger partial charge in [0.15, 0.2) is 0 Å². The highest BCUT2D eigenvalue weighted by Gasteiger charge is 2.05. The van der Waals surface area contributed by atoms with Crippen molar-refractivity contribution >= 4 is 0 Å². The summed E-state index contributed by atoms with van der Waals surface area (Å²) in [4.78, 5) is 0. The SMILES string of the molecule is CC(N)c1cccc(-c2ccccc2F)c1. The number of hydrogen-bond donors (Lipinski definition) is 1. The molecule has 0 spiro atoms. The Hall–Kier alpha value is -1.67. The van der Waals surface area contributed by atoms with Gasteiger partial charge in [-0.1, -0.05) is 36.4 Å². The zero-order chi connectivity index (χ0) is 11.5. The van der Waals surface area contributed by atoms with Crippen LogP contribution in [0.15, 0.2) is 48.5 Å². The van der Waals surface area contributed by atoms with E-state index in [-0.39, 0.29) is 11.9 Å². The zero-order valence-electron chi connectivity index (χ0n) is 9.15. The van der Waals surface area contributed by atoms with Crippen molar-refractivity contribution in [1.29, 1.82) is 0 Å². The minimum atomic E-state index is -0.204. The first kappa shape index (κ1) is 10.8. The molecule has 0 aliphatic rings. The van der Waals surface area contributed by atoms with Crippen LogP contribution in [0, 0.1) is 5.82 Å². The van der Waals surface area contributed by atoms with Crippen LogP contribution >= 0.6 is 0 Å². The largest absolute Gasteiger partial charge is 0.324 e. The molecule has 0 fully saturated rings. The summed E-state index contributed by atoms with van der Waals surface area (Å²) in [5.41, 5.74) is 8.30. The fraction of sp³-hybridized carbons (Fsp3) is 0.143. The lowest BCUT2D eigenvalue weighted by Crippen LogP contribution is -2.04. The molecule has 0 aromatic heterocycles. The molecule has 0 saturated carbocycles. The molecule has 0 saturated heterocycles. The van der Waals surface area contributed by atoms with E-state index in [1.165, 1.54) is 6.07 Å². The average Bonchev–Trinajstić information content (AvgIpc) is 2.30. The third kappa shape index (κ3) is 2.12. The molecule has 0 aliphatic carbocycles. The predicted octanol–water partition coefficient (Wildman–Crippen LogP) is 3.51. The van der Waals surface area contributed by atoms with Crippen LogP contribution in [0.5, 0.6) is 0 Å². The molecule has 0 heterocycles. The van der Waals surface area contributed by atoms with Crippen LogP contribution in [0.2, 0.25) is 0 Å². The van der Waals surface area contributed by atoms with Gasteiger partial charge in [-0.05, 0) is 30.2 Å². The number of rotatable bonds is 2. The van der Waals surface area contributed by atoms with E-state index in [1.54, 1.807) is 12.1 Å². The normalized spacial score (nSPS) is 12.4. The summed E-state index contributed by atoms with van der Waals surface area (Å²) in [6.45, 7) is 1.92. The molecule has 2 aromatic carbocycles. The van der Waals surface area contributed by atoms with Crippen LogP contribution in [0.1, 0.15) is 18.5 Å². The van der Waals surface area contributed by atoms with E-state index < -0.39 is 0 Å². The predicted molar refractivity (Wildman–Crippen MR) is 64.4 cm³/mol. The van der Waals surface area contributed by atoms with Crippen LogP contribution < -0.4 is 5.73 Å². The van der Waals surface area contributed by atoms with Gasteiger partial charge in [0.1, 0.15) is 5.82 Å². The topological polar surface area (TPSA) is 26.0 Å². The average molecular weight is 215 g/mol. The van der Waals surface area contributed by atoms with E-state index in [0.29, 0.717) is 5.56 Å². The Morgan fingerprint density at radius 2 is 1.81 bits per heavy atom. The van der Waals surface area contributed by atoms with E-state index in [9.17, 15) is 4.39 Å². The summed E-state index contributed by atoms with van der Waals surface area (Å²) in [5.74, 6) is -0.204. The van der Waals surface area contributed by atoms with Gasteiger partial charge in [-0.25, -0.2) is 4.39 Å². The summed E-state index contributed by atoms with van der Waals surface area (Å²) in [6.07, 6.45) is 0. The van der Waals surface area contributed by atoms with Crippen molar-refractivity contribution in [3.05, 3.63) is 59.9 Å². The van der Waals surface area contributed by atoms with Crippen molar-refractivity contribution in [2.45, 2.75) is 13.0 Å². The van der Waals surface area contributed by atoms with Crippen LogP contribution in [-0.2, 0) is 0 Å². The van der Waals surface area contributed by atoms with Gasteiger partial charge in [-0.15, -0.1) is 0 Å². The molecule has 2 N–H and O–H groups in total. The molecule has 0 radical (unpaired) electrons. The maximum Gasteiger partial charge on any atom is 0.131 e. The molecule has 2 rings (SSSR count). The Morgan fingerprint density at radius 1 is 1.06 bits per heavy atom. The second-order valence-corrected chi connectivity index (χ2v) is 3.89. The number of nitrogens with two attached hydrogens (primary N) is 1. The zero-order valence-corrected chi connectivity index (χ0v) is 9.15. The molecule has 1 nitrogen and oxygen atoms in total. The monoisotopic (exact) mass is 215 g/mol. The summed E-state index contributed by atoms with van der Waals surface area (Å²) in [7, 11) is 0. The fourth-order valence-corrected chi connectivity index (χ4v) is 1.68. The Kier molecular flexibility index (Phi) is 3.02. The van der Waals surface area contributed by atoms with E-state index in [0.717, 1.165) is 11.1 Å². The van der Waals surface area contributed by atoms with Gasteiger partial charge in [0.25, 0.3) is 0 Å². The maximum absolute atomic E-state index is 13.6. The van der Waals surface area contributed by atoms with Gasteiger partial charge in [0, 0.05) is 11.6 Å². The molecule has 0 bridgehead atoms. The van der Waals surface area contributed by atoms with Gasteiger partial charge >= 0.3 is 0 Å². The van der Waals surface area contributed by atoms with Crippen LogP contribution in [0.25, 0.3) is 11.1 Å². The lowest BCUT2D eigenvalue weighted by atomic mass is 10.0. The van der Waals surface area contributed by atoms with E-state index in [2.05, 4.69) is 0 Å². The van der Waals surface area contributed by atoms with E-state index in [1.807, 2.05) is 37.3 Å². The molecule has 0 aliphatic heterocycles. The highest BCUT2D eigenvalue weighted by Crippen LogP contribution is 2.24. The van der Waals surface area contributed by atoms with Crippen LogP contribution in [0.4, 0.5) is 4.39 Å². The second-order valence-electron chi connectivity index (χ2n) is 3.89. The first-order chi connectivity index (χ1) is 7.68. The highest BCUT2D eigenvalue weighted by atomic mass is 19.1. The summed E-state index contributed by atoms with van der Waals surface area (Å²) in [6, 6.07) is 14.4. The minimum Gasteiger partial charge on any atom is -0.324 e. The van der Waals surface area contributed by atoms with Crippen LogP contribution in [0.3, 0.4) is 0 Å². The van der Waals surface area contributed by atoms with Gasteiger partial charge in [-0.3, -0.25) is 0 Å². The molecule has 82 valence electrons. The van der Waals surface area contributed by atoms with Crippen LogP contribution in [-0.4, -0.2) is 0 Å². The minimum absolute atomic E-state index is 0.0354. The van der Waals surface area contributed by atoms with Crippen molar-refractivity contribution in [3.8, 4) is 11.1 Å². The fourth-order valence-electron chi connectivity index (χ4n) is 1.68. The Balaban J connectivity index is 2.49. The summed E-state index contributed by atoms with van der Waals surface area (Å²) < 4.78 is 13.6.